The van der Waals surface area contributed by atoms with E-state index in [2.05, 4.69) is 0 Å². The van der Waals surface area contributed by atoms with Crippen LogP contribution in [-0.4, -0.2) is 4.57 Å². The lowest BCUT2D eigenvalue weighted by Crippen LogP contribution is -2.20. The molecule has 1 nitrogen and oxygen atoms in total. The van der Waals surface area contributed by atoms with Crippen molar-refractivity contribution in [3.63, 3.8) is 0 Å². The van der Waals surface area contributed by atoms with E-state index < -0.39 is 5.92 Å². The van der Waals surface area contributed by atoms with Gasteiger partial charge < -0.3 is 4.57 Å². The Labute approximate surface area is 87.0 Å². The second kappa shape index (κ2) is 3.85. The summed E-state index contributed by atoms with van der Waals surface area (Å²) in [6.07, 6.45) is 3.27. The Morgan fingerprint density at radius 1 is 0.933 bits per heavy atom. The van der Waals surface area contributed by atoms with Gasteiger partial charge >= 0.3 is 0 Å². The van der Waals surface area contributed by atoms with Crippen LogP contribution in [0.5, 0.6) is 0 Å². The number of hydrogen-bond acceptors (Lipinski definition) is 0. The summed E-state index contributed by atoms with van der Waals surface area (Å²) in [5.74, 6) is -2.82. The van der Waals surface area contributed by atoms with Gasteiger partial charge in [0.15, 0.2) is 0 Å². The quantitative estimate of drug-likeness (QED) is 0.727. The highest BCUT2D eigenvalue weighted by atomic mass is 19.3. The van der Waals surface area contributed by atoms with Crippen LogP contribution in [0.25, 0.3) is 0 Å². The number of nitrogens with zero attached hydrogens (tertiary/aromatic N) is 1. The fourth-order valence-corrected chi connectivity index (χ4v) is 1.48. The molecule has 3 heteroatoms. The zero-order chi connectivity index (χ0) is 10.7. The molecule has 0 aliphatic heterocycles. The van der Waals surface area contributed by atoms with Crippen molar-refractivity contribution in [3.8, 4) is 0 Å². The third-order valence-electron chi connectivity index (χ3n) is 2.24. The maximum absolute atomic E-state index is 13.7. The first-order valence-electron chi connectivity index (χ1n) is 4.72. The zero-order valence-electron chi connectivity index (χ0n) is 8.11. The summed E-state index contributed by atoms with van der Waals surface area (Å²) in [4.78, 5) is 0. The molecule has 0 saturated heterocycles. The molecule has 0 atom stereocenters. The molecule has 15 heavy (non-hydrogen) atoms. The van der Waals surface area contributed by atoms with Crippen LogP contribution in [-0.2, 0) is 12.5 Å². The molecule has 1 heterocycles. The largest absolute Gasteiger partial charge is 0.348 e. The summed E-state index contributed by atoms with van der Waals surface area (Å²) in [7, 11) is 0. The second-order valence-corrected chi connectivity index (χ2v) is 3.43. The topological polar surface area (TPSA) is 4.93 Å². The first-order chi connectivity index (χ1) is 7.18. The molecule has 0 N–H and O–H groups in total. The first-order valence-corrected chi connectivity index (χ1v) is 4.72. The normalized spacial score (nSPS) is 11.6. The molecule has 0 aliphatic carbocycles. The minimum atomic E-state index is -2.82. The van der Waals surface area contributed by atoms with Crippen LogP contribution in [0.3, 0.4) is 0 Å². The Balaban J connectivity index is 2.20. The van der Waals surface area contributed by atoms with Crippen molar-refractivity contribution in [2.45, 2.75) is 12.5 Å². The van der Waals surface area contributed by atoms with Crippen molar-refractivity contribution in [3.05, 3.63) is 60.4 Å². The Morgan fingerprint density at radius 3 is 2.13 bits per heavy atom. The SMILES string of the molecule is FC(F)(Cn1cccc1)c1ccccc1. The van der Waals surface area contributed by atoms with Crippen LogP contribution in [0.15, 0.2) is 54.9 Å². The molecule has 0 bridgehead atoms. The molecule has 0 unspecified atom stereocenters. The van der Waals surface area contributed by atoms with Crippen LogP contribution < -0.4 is 0 Å². The number of halogens is 2. The summed E-state index contributed by atoms with van der Waals surface area (Å²) >= 11 is 0. The van der Waals surface area contributed by atoms with Crippen molar-refractivity contribution in [2.24, 2.45) is 0 Å². The van der Waals surface area contributed by atoms with Crippen LogP contribution in [0.1, 0.15) is 5.56 Å². The van der Waals surface area contributed by atoms with E-state index in [0.717, 1.165) is 0 Å². The van der Waals surface area contributed by atoms with E-state index in [-0.39, 0.29) is 12.1 Å². The van der Waals surface area contributed by atoms with Gasteiger partial charge in [-0.1, -0.05) is 30.3 Å². The van der Waals surface area contributed by atoms with Gasteiger partial charge in [0.1, 0.15) is 0 Å². The summed E-state index contributed by atoms with van der Waals surface area (Å²) < 4.78 is 28.9. The number of hydrogen-bond donors (Lipinski definition) is 0. The highest BCUT2D eigenvalue weighted by Crippen LogP contribution is 2.29. The van der Waals surface area contributed by atoms with Crippen LogP contribution in [0, 0.1) is 0 Å². The van der Waals surface area contributed by atoms with E-state index in [9.17, 15) is 8.78 Å². The van der Waals surface area contributed by atoms with E-state index in [4.69, 9.17) is 0 Å². The Morgan fingerprint density at radius 2 is 1.53 bits per heavy atom. The number of rotatable bonds is 3. The summed E-state index contributed by atoms with van der Waals surface area (Å²) in [5.41, 5.74) is 0.0544. The Bertz CT molecular complexity index is 406. The lowest BCUT2D eigenvalue weighted by atomic mass is 10.1. The fourth-order valence-electron chi connectivity index (χ4n) is 1.48. The summed E-state index contributed by atoms with van der Waals surface area (Å²) in [5, 5.41) is 0. The van der Waals surface area contributed by atoms with E-state index in [0.29, 0.717) is 0 Å². The minimum Gasteiger partial charge on any atom is -0.348 e. The van der Waals surface area contributed by atoms with Crippen molar-refractivity contribution in [2.75, 3.05) is 0 Å². The molecule has 2 rings (SSSR count). The monoisotopic (exact) mass is 207 g/mol. The van der Waals surface area contributed by atoms with E-state index in [1.165, 1.54) is 16.7 Å². The molecular weight excluding hydrogens is 196 g/mol. The van der Waals surface area contributed by atoms with Crippen molar-refractivity contribution in [1.82, 2.24) is 4.57 Å². The summed E-state index contributed by atoms with van der Waals surface area (Å²) in [6, 6.07) is 11.3. The standard InChI is InChI=1S/C12H11F2N/c13-12(14,10-15-8-4-5-9-15)11-6-2-1-3-7-11/h1-9H,10H2. The predicted octanol–water partition coefficient (Wildman–Crippen LogP) is 3.28. The second-order valence-electron chi connectivity index (χ2n) is 3.43. The predicted molar refractivity (Wildman–Crippen MR) is 54.8 cm³/mol. The molecule has 0 saturated carbocycles. The molecule has 0 fully saturated rings. The van der Waals surface area contributed by atoms with E-state index in [1.54, 1.807) is 42.7 Å². The third-order valence-corrected chi connectivity index (χ3v) is 2.24. The van der Waals surface area contributed by atoms with Gasteiger partial charge in [-0.05, 0) is 12.1 Å². The maximum Gasteiger partial charge on any atom is 0.290 e. The van der Waals surface area contributed by atoms with E-state index in [1.807, 2.05) is 0 Å². The van der Waals surface area contributed by atoms with E-state index >= 15 is 0 Å². The summed E-state index contributed by atoms with van der Waals surface area (Å²) in [6.45, 7) is -0.315. The molecule has 0 radical (unpaired) electrons. The van der Waals surface area contributed by atoms with Gasteiger partial charge in [-0.15, -0.1) is 0 Å². The van der Waals surface area contributed by atoms with Gasteiger partial charge in [0.05, 0.1) is 6.54 Å². The molecule has 0 spiro atoms. The first kappa shape index (κ1) is 9.90. The molecule has 1 aromatic carbocycles. The molecule has 78 valence electrons. The number of benzene rings is 1. The highest BCUT2D eigenvalue weighted by Gasteiger charge is 2.31. The smallest absolute Gasteiger partial charge is 0.290 e. The zero-order valence-corrected chi connectivity index (χ0v) is 8.11. The minimum absolute atomic E-state index is 0.0544. The van der Waals surface area contributed by atoms with Crippen molar-refractivity contribution >= 4 is 0 Å². The van der Waals surface area contributed by atoms with Gasteiger partial charge in [0.25, 0.3) is 5.92 Å². The number of alkyl halides is 2. The van der Waals surface area contributed by atoms with Crippen LogP contribution in [0.4, 0.5) is 8.78 Å². The molecule has 0 aliphatic rings. The molecule has 1 aromatic heterocycles. The highest BCUT2D eigenvalue weighted by molar-refractivity contribution is 5.19. The third kappa shape index (κ3) is 2.24. The van der Waals surface area contributed by atoms with Crippen molar-refractivity contribution in [1.29, 1.82) is 0 Å². The Kier molecular flexibility index (Phi) is 2.54. The van der Waals surface area contributed by atoms with Gasteiger partial charge in [-0.3, -0.25) is 0 Å². The average molecular weight is 207 g/mol. The van der Waals surface area contributed by atoms with Gasteiger partial charge in [-0.25, -0.2) is 0 Å². The molecule has 2 aromatic rings. The van der Waals surface area contributed by atoms with Crippen LogP contribution in [0.2, 0.25) is 0 Å². The maximum atomic E-state index is 13.7. The molecule has 0 amide bonds. The van der Waals surface area contributed by atoms with Crippen molar-refractivity contribution < 1.29 is 8.78 Å². The van der Waals surface area contributed by atoms with Gasteiger partial charge in [0, 0.05) is 18.0 Å². The average Bonchev–Trinajstić information content (AvgIpc) is 2.71. The lowest BCUT2D eigenvalue weighted by Gasteiger charge is -2.17. The van der Waals surface area contributed by atoms with Gasteiger partial charge in [0.2, 0.25) is 0 Å². The lowest BCUT2D eigenvalue weighted by molar-refractivity contribution is -0.0221. The molecular formula is C12H11F2N. The Hall–Kier alpha value is -1.64. The van der Waals surface area contributed by atoms with Crippen LogP contribution >= 0.6 is 0 Å². The fraction of sp³-hybridized carbons (Fsp3) is 0.167. The van der Waals surface area contributed by atoms with Gasteiger partial charge in [-0.2, -0.15) is 8.78 Å². The number of aromatic nitrogens is 1.